The highest BCUT2D eigenvalue weighted by molar-refractivity contribution is 5.71. The Bertz CT molecular complexity index is 506. The van der Waals surface area contributed by atoms with E-state index in [0.717, 1.165) is 23.8 Å². The van der Waals surface area contributed by atoms with Crippen molar-refractivity contribution in [3.05, 3.63) is 24.5 Å². The molecule has 0 amide bonds. The second-order valence-corrected chi connectivity index (χ2v) is 4.63. The maximum absolute atomic E-state index is 4.45. The number of nitrogens with one attached hydrogen (secondary N) is 1. The fraction of sp³-hybridized carbons (Fsp3) is 0.462. The highest BCUT2D eigenvalue weighted by Gasteiger charge is 2.14. The highest BCUT2D eigenvalue weighted by atomic mass is 15.0. The van der Waals surface area contributed by atoms with Crippen LogP contribution in [0.4, 0.5) is 5.82 Å². The first kappa shape index (κ1) is 10.4. The van der Waals surface area contributed by atoms with Gasteiger partial charge in [0.25, 0.3) is 0 Å². The quantitative estimate of drug-likeness (QED) is 0.877. The van der Waals surface area contributed by atoms with Crippen LogP contribution in [0, 0.1) is 5.92 Å². The number of rotatable bonds is 3. The minimum Gasteiger partial charge on any atom is -0.370 e. The van der Waals surface area contributed by atoms with Crippen LogP contribution in [0.15, 0.2) is 24.5 Å². The third-order valence-corrected chi connectivity index (χ3v) is 3.38. The van der Waals surface area contributed by atoms with Gasteiger partial charge >= 0.3 is 0 Å². The number of hydrogen-bond acceptors (Lipinski definition) is 4. The van der Waals surface area contributed by atoms with Crippen molar-refractivity contribution in [2.24, 2.45) is 5.92 Å². The normalized spacial score (nSPS) is 16.5. The summed E-state index contributed by atoms with van der Waals surface area (Å²) in [5.41, 5.74) is 1.56. The minimum absolute atomic E-state index is 0.712. The van der Waals surface area contributed by atoms with Gasteiger partial charge in [0.2, 0.25) is 0 Å². The van der Waals surface area contributed by atoms with Gasteiger partial charge in [-0.3, -0.25) is 4.98 Å². The predicted molar refractivity (Wildman–Crippen MR) is 67.8 cm³/mol. The number of hydrogen-bond donors (Lipinski definition) is 1. The van der Waals surface area contributed by atoms with Crippen LogP contribution in [0.2, 0.25) is 0 Å². The average Bonchev–Trinajstić information content (AvgIpc) is 2.89. The van der Waals surface area contributed by atoms with E-state index in [0.29, 0.717) is 5.65 Å². The van der Waals surface area contributed by atoms with Crippen molar-refractivity contribution in [2.75, 3.05) is 11.9 Å². The Morgan fingerprint density at radius 1 is 1.12 bits per heavy atom. The van der Waals surface area contributed by atoms with E-state index in [1.807, 2.05) is 12.1 Å². The lowest BCUT2D eigenvalue weighted by molar-refractivity contribution is 0.579. The van der Waals surface area contributed by atoms with Crippen LogP contribution in [0.25, 0.3) is 11.2 Å². The van der Waals surface area contributed by atoms with Crippen LogP contribution in [0.1, 0.15) is 25.7 Å². The molecule has 2 aromatic heterocycles. The molecule has 2 aromatic rings. The first-order chi connectivity index (χ1) is 8.42. The molecule has 0 aromatic carbocycles. The molecule has 88 valence electrons. The fourth-order valence-corrected chi connectivity index (χ4v) is 2.42. The van der Waals surface area contributed by atoms with Crippen LogP contribution < -0.4 is 5.32 Å². The number of aromatic nitrogens is 3. The molecule has 0 unspecified atom stereocenters. The summed E-state index contributed by atoms with van der Waals surface area (Å²) in [5.74, 6) is 1.72. The van der Waals surface area contributed by atoms with Gasteiger partial charge in [-0.15, -0.1) is 0 Å². The summed E-state index contributed by atoms with van der Waals surface area (Å²) in [6, 6.07) is 3.94. The summed E-state index contributed by atoms with van der Waals surface area (Å²) < 4.78 is 0. The van der Waals surface area contributed by atoms with E-state index in [1.165, 1.54) is 25.7 Å². The Hall–Kier alpha value is -1.71. The first-order valence-electron chi connectivity index (χ1n) is 6.23. The zero-order valence-corrected chi connectivity index (χ0v) is 9.76. The van der Waals surface area contributed by atoms with Crippen molar-refractivity contribution in [2.45, 2.75) is 25.7 Å². The van der Waals surface area contributed by atoms with E-state index < -0.39 is 0 Å². The lowest BCUT2D eigenvalue weighted by Crippen LogP contribution is -2.11. The summed E-state index contributed by atoms with van der Waals surface area (Å²) in [6.45, 7) is 1.03. The average molecular weight is 228 g/mol. The molecule has 1 saturated carbocycles. The molecule has 1 aliphatic carbocycles. The van der Waals surface area contributed by atoms with Crippen molar-refractivity contribution in [3.63, 3.8) is 0 Å². The fourth-order valence-electron chi connectivity index (χ4n) is 2.42. The number of pyridine rings is 1. The number of anilines is 1. The summed E-state index contributed by atoms with van der Waals surface area (Å²) >= 11 is 0. The SMILES string of the molecule is c1cnc2nc(NCC3CCCC3)ccc2n1. The second kappa shape index (κ2) is 4.65. The first-order valence-corrected chi connectivity index (χ1v) is 6.23. The highest BCUT2D eigenvalue weighted by Crippen LogP contribution is 2.24. The third-order valence-electron chi connectivity index (χ3n) is 3.38. The van der Waals surface area contributed by atoms with E-state index in [-0.39, 0.29) is 0 Å². The van der Waals surface area contributed by atoms with Crippen LogP contribution in [0.3, 0.4) is 0 Å². The van der Waals surface area contributed by atoms with Crippen LogP contribution in [0.5, 0.6) is 0 Å². The smallest absolute Gasteiger partial charge is 0.180 e. The van der Waals surface area contributed by atoms with Crippen molar-refractivity contribution < 1.29 is 0 Å². The Balaban J connectivity index is 1.72. The summed E-state index contributed by atoms with van der Waals surface area (Å²) in [7, 11) is 0. The Morgan fingerprint density at radius 2 is 1.94 bits per heavy atom. The van der Waals surface area contributed by atoms with Crippen LogP contribution in [-0.4, -0.2) is 21.5 Å². The van der Waals surface area contributed by atoms with Gasteiger partial charge in [-0.05, 0) is 30.9 Å². The molecule has 1 aliphatic rings. The summed E-state index contributed by atoms with van der Waals surface area (Å²) in [5, 5.41) is 3.40. The third kappa shape index (κ3) is 2.35. The van der Waals surface area contributed by atoms with Gasteiger partial charge in [0.1, 0.15) is 11.3 Å². The molecule has 4 heteroatoms. The molecule has 17 heavy (non-hydrogen) atoms. The maximum atomic E-state index is 4.45. The van der Waals surface area contributed by atoms with E-state index in [4.69, 9.17) is 0 Å². The Morgan fingerprint density at radius 3 is 2.82 bits per heavy atom. The van der Waals surface area contributed by atoms with E-state index in [2.05, 4.69) is 20.3 Å². The number of fused-ring (bicyclic) bond motifs is 1. The molecule has 0 radical (unpaired) electrons. The predicted octanol–water partition coefficient (Wildman–Crippen LogP) is 2.63. The summed E-state index contributed by atoms with van der Waals surface area (Å²) in [4.78, 5) is 12.9. The Labute approximate surface area is 101 Å². The van der Waals surface area contributed by atoms with Crippen molar-refractivity contribution in [3.8, 4) is 0 Å². The molecule has 2 heterocycles. The van der Waals surface area contributed by atoms with Crippen molar-refractivity contribution >= 4 is 17.0 Å². The molecule has 1 fully saturated rings. The topological polar surface area (TPSA) is 50.7 Å². The zero-order chi connectivity index (χ0) is 11.5. The molecule has 3 rings (SSSR count). The van der Waals surface area contributed by atoms with Gasteiger partial charge in [0.15, 0.2) is 5.65 Å². The lowest BCUT2D eigenvalue weighted by atomic mass is 10.1. The molecule has 0 bridgehead atoms. The lowest BCUT2D eigenvalue weighted by Gasteiger charge is -2.10. The molecule has 4 nitrogen and oxygen atoms in total. The van der Waals surface area contributed by atoms with Gasteiger partial charge in [-0.1, -0.05) is 12.8 Å². The van der Waals surface area contributed by atoms with Gasteiger partial charge in [0, 0.05) is 18.9 Å². The molecule has 0 spiro atoms. The van der Waals surface area contributed by atoms with Gasteiger partial charge < -0.3 is 5.32 Å². The molecular weight excluding hydrogens is 212 g/mol. The molecule has 1 N–H and O–H groups in total. The molecule has 0 saturated heterocycles. The standard InChI is InChI=1S/C13H16N4/c1-2-4-10(3-1)9-16-12-6-5-11-13(17-12)15-8-7-14-11/h5-8,10H,1-4,9H2,(H,15,16,17). The van der Waals surface area contributed by atoms with Gasteiger partial charge in [-0.25, -0.2) is 9.97 Å². The summed E-state index contributed by atoms with van der Waals surface area (Å²) in [6.07, 6.45) is 8.82. The van der Waals surface area contributed by atoms with Crippen LogP contribution >= 0.6 is 0 Å². The molecule has 0 atom stereocenters. The van der Waals surface area contributed by atoms with E-state index >= 15 is 0 Å². The van der Waals surface area contributed by atoms with Crippen molar-refractivity contribution in [1.29, 1.82) is 0 Å². The molecular formula is C13H16N4. The largest absolute Gasteiger partial charge is 0.370 e. The second-order valence-electron chi connectivity index (χ2n) is 4.63. The van der Waals surface area contributed by atoms with Gasteiger partial charge in [0.05, 0.1) is 0 Å². The molecule has 0 aliphatic heterocycles. The van der Waals surface area contributed by atoms with Crippen LogP contribution in [-0.2, 0) is 0 Å². The monoisotopic (exact) mass is 228 g/mol. The minimum atomic E-state index is 0.712. The zero-order valence-electron chi connectivity index (χ0n) is 9.76. The van der Waals surface area contributed by atoms with E-state index in [9.17, 15) is 0 Å². The number of nitrogens with zero attached hydrogens (tertiary/aromatic N) is 3. The maximum Gasteiger partial charge on any atom is 0.180 e. The Kier molecular flexibility index (Phi) is 2.86. The van der Waals surface area contributed by atoms with Gasteiger partial charge in [-0.2, -0.15) is 0 Å². The van der Waals surface area contributed by atoms with E-state index in [1.54, 1.807) is 12.4 Å². The van der Waals surface area contributed by atoms with Crippen molar-refractivity contribution in [1.82, 2.24) is 15.0 Å².